The highest BCUT2D eigenvalue weighted by Crippen LogP contribution is 2.59. The molecule has 115 heavy (non-hydrogen) atoms. The van der Waals surface area contributed by atoms with E-state index in [4.69, 9.17) is 0 Å². The van der Waals surface area contributed by atoms with E-state index in [1.807, 2.05) is 79.7 Å². The zero-order valence-corrected chi connectivity index (χ0v) is 76.7. The minimum Gasteiger partial charge on any atom is -0.0998 e. The molecule has 0 saturated heterocycles. The zero-order valence-electron chi connectivity index (χ0n) is 76.7. The highest BCUT2D eigenvalue weighted by molar-refractivity contribution is 5.61. The van der Waals surface area contributed by atoms with Gasteiger partial charge in [0, 0.05) is 0 Å². The summed E-state index contributed by atoms with van der Waals surface area (Å²) < 4.78 is 0. The Balaban J connectivity index is 0.000000224. The van der Waals surface area contributed by atoms with E-state index in [0.29, 0.717) is 5.41 Å². The Hall–Kier alpha value is -8.06. The van der Waals surface area contributed by atoms with Gasteiger partial charge >= 0.3 is 0 Å². The second kappa shape index (κ2) is 51.9. The van der Waals surface area contributed by atoms with E-state index < -0.39 is 0 Å². The number of benzene rings is 4. The lowest BCUT2D eigenvalue weighted by atomic mass is 9.49. The first-order valence-corrected chi connectivity index (χ1v) is 44.7. The van der Waals surface area contributed by atoms with Crippen LogP contribution in [0.1, 0.15) is 281 Å². The average Bonchev–Trinajstić information content (AvgIpc) is 1.45. The highest BCUT2D eigenvalue weighted by Gasteiger charge is 2.50. The Morgan fingerprint density at radius 2 is 1.10 bits per heavy atom. The molecule has 620 valence electrons. The number of fused-ring (bicyclic) bond motifs is 7. The standard InChI is InChI=1S/C10H12.7C10H16.C9H8.2C9H10.C8H8/c1-2-9-7-4-5-8(6-7)10(9)3-1;1-7-4-5-8-6-9(7)10(8,2)3;6*1-8(2)10-6-4-9(3)5-7-10;1-2-5-9-7-3-6-8(9)4-1;1-8(2)9-6-4-3-5-7-9;1-3-9-7-5-4-6-8(9)2;1-2-8-6-4-3-5-7-8/h1-2,4-5,7-10H,3,6H2;4,8-9H,5-6H2,1-3H3;4H,5-7H2,1-3H3;4,7-8H,5-6H2,1-3H3;4,6,8H,5,7H2,1-3H3;4-6,8,10H,7H2,1-3H3;4,6,8,10H,3,5,7H2,1-2H3;4,10H,1,5-7H2,2-3H3;1-6H,7H2;2*3-7H,1H2,2H3;2-7H,1H2. The van der Waals surface area contributed by atoms with Crippen molar-refractivity contribution in [1.82, 2.24) is 0 Å². The summed E-state index contributed by atoms with van der Waals surface area (Å²) in [5.41, 5.74) is 27.7. The third kappa shape index (κ3) is 35.3. The van der Waals surface area contributed by atoms with Crippen molar-refractivity contribution >= 4 is 23.8 Å². The van der Waals surface area contributed by atoms with Gasteiger partial charge in [0.25, 0.3) is 0 Å². The van der Waals surface area contributed by atoms with Crippen molar-refractivity contribution in [1.29, 1.82) is 0 Å². The van der Waals surface area contributed by atoms with E-state index in [1.165, 1.54) is 176 Å². The zero-order chi connectivity index (χ0) is 84.6. The van der Waals surface area contributed by atoms with Crippen LogP contribution in [0.3, 0.4) is 0 Å². The molecule has 4 bridgehead atoms. The molecule has 0 spiro atoms. The van der Waals surface area contributed by atoms with Gasteiger partial charge in [-0.1, -0.05) is 405 Å². The summed E-state index contributed by atoms with van der Waals surface area (Å²) >= 11 is 0. The minimum absolute atomic E-state index is 0.638. The van der Waals surface area contributed by atoms with Crippen molar-refractivity contribution in [3.8, 4) is 0 Å². The van der Waals surface area contributed by atoms with E-state index in [9.17, 15) is 0 Å². The molecular formula is C115H160. The maximum Gasteiger partial charge on any atom is -0.00882 e. The van der Waals surface area contributed by atoms with Crippen LogP contribution in [-0.4, -0.2) is 0 Å². The first-order chi connectivity index (χ1) is 54.8. The molecule has 0 amide bonds. The summed E-state index contributed by atoms with van der Waals surface area (Å²) in [4.78, 5) is 0. The monoisotopic (exact) mass is 1540 g/mol. The first kappa shape index (κ1) is 97.5. The van der Waals surface area contributed by atoms with Crippen LogP contribution in [0.5, 0.6) is 0 Å². The van der Waals surface area contributed by atoms with Crippen LogP contribution in [0.15, 0.2) is 312 Å². The number of hydrogen-bond acceptors (Lipinski definition) is 0. The molecule has 0 heterocycles. The largest absolute Gasteiger partial charge is 0.0998 e. The van der Waals surface area contributed by atoms with Crippen LogP contribution >= 0.6 is 0 Å². The van der Waals surface area contributed by atoms with Gasteiger partial charge in [-0.15, -0.1) is 0 Å². The second-order valence-electron chi connectivity index (χ2n) is 36.9. The maximum atomic E-state index is 3.97. The average molecular weight is 1540 g/mol. The maximum absolute atomic E-state index is 3.97. The molecule has 0 heteroatoms. The molecule has 17 rings (SSSR count). The van der Waals surface area contributed by atoms with Crippen molar-refractivity contribution in [3.63, 3.8) is 0 Å². The van der Waals surface area contributed by atoms with Crippen LogP contribution in [0.4, 0.5) is 0 Å². The molecule has 0 aliphatic heterocycles. The fourth-order valence-corrected chi connectivity index (χ4v) is 16.7. The van der Waals surface area contributed by atoms with Crippen LogP contribution in [0.25, 0.3) is 23.8 Å². The Morgan fingerprint density at radius 1 is 0.478 bits per heavy atom. The molecule has 4 aromatic rings. The summed E-state index contributed by atoms with van der Waals surface area (Å²) in [6.45, 7) is 66.0. The summed E-state index contributed by atoms with van der Waals surface area (Å²) in [6, 6.07) is 36.9. The van der Waals surface area contributed by atoms with Gasteiger partial charge in [0.05, 0.1) is 0 Å². The molecule has 13 aliphatic rings. The van der Waals surface area contributed by atoms with E-state index >= 15 is 0 Å². The lowest BCUT2D eigenvalue weighted by Crippen LogP contribution is -2.47. The molecule has 0 aromatic heterocycles. The third-order valence-electron chi connectivity index (χ3n) is 25.8. The Labute approximate surface area is 708 Å². The van der Waals surface area contributed by atoms with Gasteiger partial charge in [-0.2, -0.15) is 0 Å². The molecule has 2 fully saturated rings. The van der Waals surface area contributed by atoms with Crippen LogP contribution in [-0.2, 0) is 6.42 Å². The Bertz CT molecular complexity index is 4120. The predicted molar refractivity (Wildman–Crippen MR) is 519 cm³/mol. The van der Waals surface area contributed by atoms with E-state index in [1.54, 1.807) is 33.4 Å². The SMILES string of the molecule is C1=CC2C3C=CC(C3)C2C1.C1=Cc2ccccc2C1.C=C(C)C1CC=C(C)CC1.C=C(C)c1ccccc1.C=C1C=CC(C(C)C)CC1.C=Cc1ccccc1.C=Cc1ccccc1C.CC1=CC=C(C(C)C)CC1.CC1=CCC(=C(C)C)CC1.CC1=CCC(C(C)C)=CC1.CC1=CCC(C(C)C)C=C1.CC1=CCC2CC1C2(C)C. The lowest BCUT2D eigenvalue weighted by molar-refractivity contribution is -0.00579. The quantitative estimate of drug-likeness (QED) is 0.154. The van der Waals surface area contributed by atoms with Gasteiger partial charge in [0.15, 0.2) is 0 Å². The Morgan fingerprint density at radius 3 is 1.57 bits per heavy atom. The number of hydrogen-bond donors (Lipinski definition) is 0. The number of aryl methyl sites for hydroxylation is 1. The number of allylic oxidation sites excluding steroid dienone is 30. The van der Waals surface area contributed by atoms with Crippen molar-refractivity contribution < 1.29 is 0 Å². The summed E-state index contributed by atoms with van der Waals surface area (Å²) in [7, 11) is 0. The Kier molecular flexibility index (Phi) is 44.0. The van der Waals surface area contributed by atoms with Gasteiger partial charge in [-0.3, -0.25) is 0 Å². The molecule has 13 aliphatic carbocycles. The lowest BCUT2D eigenvalue weighted by Gasteiger charge is -2.56. The second-order valence-corrected chi connectivity index (χ2v) is 36.9. The van der Waals surface area contributed by atoms with Gasteiger partial charge in [0.1, 0.15) is 0 Å². The normalized spacial score (nSPS) is 23.1. The predicted octanol–water partition coefficient (Wildman–Crippen LogP) is 35.0. The molecule has 0 nitrogen and oxygen atoms in total. The third-order valence-corrected chi connectivity index (χ3v) is 25.8. The van der Waals surface area contributed by atoms with Gasteiger partial charge in [-0.25, -0.2) is 0 Å². The van der Waals surface area contributed by atoms with E-state index in [0.717, 1.165) is 88.9 Å². The smallest absolute Gasteiger partial charge is 0.00882 e. The summed E-state index contributed by atoms with van der Waals surface area (Å²) in [5, 5.41) is 0. The molecule has 9 atom stereocenters. The summed E-state index contributed by atoms with van der Waals surface area (Å²) in [6.07, 6.45) is 68.5. The number of rotatable bonds is 8. The first-order valence-electron chi connectivity index (χ1n) is 44.7. The fraction of sp³-hybridized carbons (Fsp3) is 0.461. The van der Waals surface area contributed by atoms with Crippen molar-refractivity contribution in [3.05, 3.63) is 346 Å². The van der Waals surface area contributed by atoms with Crippen LogP contribution < -0.4 is 0 Å². The van der Waals surface area contributed by atoms with Gasteiger partial charge in [0.2, 0.25) is 0 Å². The highest BCUT2D eigenvalue weighted by atomic mass is 14.5. The fourth-order valence-electron chi connectivity index (χ4n) is 16.7. The molecule has 2 saturated carbocycles. The molecule has 0 N–H and O–H groups in total. The molecule has 0 radical (unpaired) electrons. The van der Waals surface area contributed by atoms with Crippen molar-refractivity contribution in [2.24, 2.45) is 82.3 Å². The van der Waals surface area contributed by atoms with Gasteiger partial charge in [-0.05, 0) is 307 Å². The molecular weight excluding hydrogens is 1380 g/mol. The van der Waals surface area contributed by atoms with Crippen LogP contribution in [0.2, 0.25) is 0 Å². The summed E-state index contributed by atoms with van der Waals surface area (Å²) in [5.74, 6) is 11.2. The van der Waals surface area contributed by atoms with E-state index in [-0.39, 0.29) is 0 Å². The van der Waals surface area contributed by atoms with Crippen LogP contribution in [0, 0.1) is 89.3 Å². The minimum atomic E-state index is 0.638. The topological polar surface area (TPSA) is 0 Å². The molecule has 9 unspecified atom stereocenters. The van der Waals surface area contributed by atoms with Crippen molar-refractivity contribution in [2.75, 3.05) is 0 Å². The molecule has 4 aromatic carbocycles. The van der Waals surface area contributed by atoms with Gasteiger partial charge < -0.3 is 0 Å². The van der Waals surface area contributed by atoms with E-state index in [2.05, 4.69) is 329 Å². The van der Waals surface area contributed by atoms with Crippen molar-refractivity contribution in [2.45, 2.75) is 261 Å².